The topological polar surface area (TPSA) is 15.3 Å². The smallest absolute Gasteiger partial charge is 0.125 e. The van der Waals surface area contributed by atoms with E-state index in [-0.39, 0.29) is 5.82 Å². The summed E-state index contributed by atoms with van der Waals surface area (Å²) in [5, 5.41) is 3.56. The molecule has 1 heterocycles. The Morgan fingerprint density at radius 1 is 1.29 bits per heavy atom. The van der Waals surface area contributed by atoms with Crippen molar-refractivity contribution in [3.8, 4) is 0 Å². The van der Waals surface area contributed by atoms with E-state index >= 15 is 0 Å². The summed E-state index contributed by atoms with van der Waals surface area (Å²) in [6.07, 6.45) is 2.27. The van der Waals surface area contributed by atoms with Crippen molar-refractivity contribution < 1.29 is 4.39 Å². The van der Waals surface area contributed by atoms with Crippen LogP contribution in [-0.2, 0) is 0 Å². The first-order valence-corrected chi connectivity index (χ1v) is 6.41. The van der Waals surface area contributed by atoms with Crippen molar-refractivity contribution in [2.24, 2.45) is 0 Å². The maximum Gasteiger partial charge on any atom is 0.125 e. The summed E-state index contributed by atoms with van der Waals surface area (Å²) < 4.78 is 13.1. The monoisotopic (exact) mass is 236 g/mol. The van der Waals surface area contributed by atoms with Crippen LogP contribution in [0.4, 0.5) is 10.1 Å². The minimum atomic E-state index is -0.148. The lowest BCUT2D eigenvalue weighted by atomic mass is 10.0. The molecule has 0 radical (unpaired) electrons. The molecule has 1 aliphatic rings. The maximum atomic E-state index is 13.1. The summed E-state index contributed by atoms with van der Waals surface area (Å²) >= 11 is 0. The lowest BCUT2D eigenvalue weighted by Crippen LogP contribution is -2.44. The van der Waals surface area contributed by atoms with Gasteiger partial charge in [0.25, 0.3) is 0 Å². The van der Waals surface area contributed by atoms with Crippen molar-refractivity contribution in [3.63, 3.8) is 0 Å². The second-order valence-electron chi connectivity index (χ2n) is 5.06. The molecule has 0 saturated carbocycles. The largest absolute Gasteiger partial charge is 0.371 e. The Labute approximate surface area is 103 Å². The van der Waals surface area contributed by atoms with Gasteiger partial charge in [0.05, 0.1) is 0 Å². The molecule has 0 unspecified atom stereocenters. The second-order valence-corrected chi connectivity index (χ2v) is 5.06. The van der Waals surface area contributed by atoms with Gasteiger partial charge in [0.1, 0.15) is 5.82 Å². The van der Waals surface area contributed by atoms with Gasteiger partial charge in [-0.25, -0.2) is 4.39 Å². The van der Waals surface area contributed by atoms with E-state index in [4.69, 9.17) is 0 Å². The Bertz CT molecular complexity index is 357. The van der Waals surface area contributed by atoms with Crippen LogP contribution in [0.3, 0.4) is 0 Å². The van der Waals surface area contributed by atoms with E-state index in [9.17, 15) is 4.39 Å². The Balaban J connectivity index is 1.91. The van der Waals surface area contributed by atoms with Gasteiger partial charge in [-0.05, 0) is 31.0 Å². The van der Waals surface area contributed by atoms with Gasteiger partial charge in [0.15, 0.2) is 0 Å². The number of nitrogens with zero attached hydrogens (tertiary/aromatic N) is 1. The van der Waals surface area contributed by atoms with Gasteiger partial charge >= 0.3 is 0 Å². The van der Waals surface area contributed by atoms with Crippen molar-refractivity contribution in [2.45, 2.75) is 38.8 Å². The van der Waals surface area contributed by atoms with Crippen LogP contribution in [0.25, 0.3) is 0 Å². The van der Waals surface area contributed by atoms with E-state index in [1.165, 1.54) is 6.07 Å². The number of nitrogens with one attached hydrogen (secondary N) is 1. The number of benzene rings is 1. The number of hydrogen-bond acceptors (Lipinski definition) is 2. The quantitative estimate of drug-likeness (QED) is 0.868. The van der Waals surface area contributed by atoms with Crippen molar-refractivity contribution in [1.29, 1.82) is 0 Å². The molecule has 94 valence electrons. The molecule has 1 saturated heterocycles. The molecule has 0 aromatic heterocycles. The first-order valence-electron chi connectivity index (χ1n) is 6.41. The summed E-state index contributed by atoms with van der Waals surface area (Å²) in [6, 6.07) is 8.04. The summed E-state index contributed by atoms with van der Waals surface area (Å²) in [7, 11) is 0. The number of piperidine rings is 1. The molecule has 0 atom stereocenters. The van der Waals surface area contributed by atoms with Gasteiger partial charge in [-0.2, -0.15) is 0 Å². The highest BCUT2D eigenvalue weighted by Gasteiger charge is 2.19. The standard InChI is InChI=1S/C14H21FN2/c1-11(2)16-13-6-8-17(9-7-13)14-5-3-4-12(15)10-14/h3-5,10-11,13,16H,6-9H2,1-2H3. The maximum absolute atomic E-state index is 13.1. The molecule has 3 heteroatoms. The molecule has 2 nitrogen and oxygen atoms in total. The van der Waals surface area contributed by atoms with Gasteiger partial charge in [0, 0.05) is 30.9 Å². The van der Waals surface area contributed by atoms with E-state index in [1.54, 1.807) is 12.1 Å². The minimum absolute atomic E-state index is 0.148. The molecular formula is C14H21FN2. The van der Waals surface area contributed by atoms with Crippen LogP contribution >= 0.6 is 0 Å². The van der Waals surface area contributed by atoms with Gasteiger partial charge in [-0.15, -0.1) is 0 Å². The van der Waals surface area contributed by atoms with E-state index in [0.717, 1.165) is 31.6 Å². The summed E-state index contributed by atoms with van der Waals surface area (Å²) in [6.45, 7) is 6.37. The molecule has 0 aliphatic carbocycles. The molecule has 2 rings (SSSR count). The Hall–Kier alpha value is -1.09. The molecule has 1 fully saturated rings. The number of anilines is 1. The van der Waals surface area contributed by atoms with Gasteiger partial charge in [-0.3, -0.25) is 0 Å². The molecular weight excluding hydrogens is 215 g/mol. The Kier molecular flexibility index (Phi) is 4.00. The van der Waals surface area contributed by atoms with Crippen molar-refractivity contribution >= 4 is 5.69 Å². The zero-order valence-corrected chi connectivity index (χ0v) is 10.6. The van der Waals surface area contributed by atoms with Gasteiger partial charge in [0.2, 0.25) is 0 Å². The van der Waals surface area contributed by atoms with Crippen LogP contribution in [0, 0.1) is 5.82 Å². The van der Waals surface area contributed by atoms with E-state index in [1.807, 2.05) is 6.07 Å². The van der Waals surface area contributed by atoms with Crippen LogP contribution in [0.1, 0.15) is 26.7 Å². The van der Waals surface area contributed by atoms with Crippen molar-refractivity contribution in [3.05, 3.63) is 30.1 Å². The third-order valence-electron chi connectivity index (χ3n) is 3.24. The predicted octanol–water partition coefficient (Wildman–Crippen LogP) is 2.79. The number of halogens is 1. The number of hydrogen-bond donors (Lipinski definition) is 1. The molecule has 1 aliphatic heterocycles. The third-order valence-corrected chi connectivity index (χ3v) is 3.24. The van der Waals surface area contributed by atoms with E-state index in [0.29, 0.717) is 12.1 Å². The second kappa shape index (κ2) is 5.50. The van der Waals surface area contributed by atoms with Gasteiger partial charge < -0.3 is 10.2 Å². The van der Waals surface area contributed by atoms with Crippen LogP contribution < -0.4 is 10.2 Å². The van der Waals surface area contributed by atoms with E-state index in [2.05, 4.69) is 24.1 Å². The fourth-order valence-corrected chi connectivity index (χ4v) is 2.45. The van der Waals surface area contributed by atoms with Crippen molar-refractivity contribution in [2.75, 3.05) is 18.0 Å². The highest BCUT2D eigenvalue weighted by Crippen LogP contribution is 2.20. The molecule has 0 spiro atoms. The minimum Gasteiger partial charge on any atom is -0.371 e. The van der Waals surface area contributed by atoms with Crippen molar-refractivity contribution in [1.82, 2.24) is 5.32 Å². The molecule has 17 heavy (non-hydrogen) atoms. The first kappa shape index (κ1) is 12.4. The van der Waals surface area contributed by atoms with Gasteiger partial charge in [-0.1, -0.05) is 19.9 Å². The Morgan fingerprint density at radius 2 is 2.00 bits per heavy atom. The average molecular weight is 236 g/mol. The summed E-state index contributed by atoms with van der Waals surface area (Å²) in [4.78, 5) is 2.27. The Morgan fingerprint density at radius 3 is 2.59 bits per heavy atom. The van der Waals surface area contributed by atoms with Crippen LogP contribution in [0.2, 0.25) is 0 Å². The normalized spacial score (nSPS) is 17.8. The number of rotatable bonds is 3. The summed E-state index contributed by atoms with van der Waals surface area (Å²) in [5.41, 5.74) is 1.01. The molecule has 1 N–H and O–H groups in total. The zero-order chi connectivity index (χ0) is 12.3. The van der Waals surface area contributed by atoms with Crippen LogP contribution in [0.5, 0.6) is 0 Å². The lowest BCUT2D eigenvalue weighted by molar-refractivity contribution is 0.387. The summed E-state index contributed by atoms with van der Waals surface area (Å²) in [5.74, 6) is -0.148. The molecule has 1 aromatic carbocycles. The fraction of sp³-hybridized carbons (Fsp3) is 0.571. The first-order chi connectivity index (χ1) is 8.15. The van der Waals surface area contributed by atoms with Crippen LogP contribution in [0.15, 0.2) is 24.3 Å². The third kappa shape index (κ3) is 3.43. The van der Waals surface area contributed by atoms with E-state index < -0.39 is 0 Å². The fourth-order valence-electron chi connectivity index (χ4n) is 2.45. The highest BCUT2D eigenvalue weighted by atomic mass is 19.1. The highest BCUT2D eigenvalue weighted by molar-refractivity contribution is 5.46. The SMILES string of the molecule is CC(C)NC1CCN(c2cccc(F)c2)CC1. The molecule has 0 bridgehead atoms. The average Bonchev–Trinajstić information content (AvgIpc) is 2.29. The van der Waals surface area contributed by atoms with Crippen LogP contribution in [-0.4, -0.2) is 25.2 Å². The lowest BCUT2D eigenvalue weighted by Gasteiger charge is -2.34. The predicted molar refractivity (Wildman–Crippen MR) is 69.9 cm³/mol. The molecule has 0 amide bonds. The zero-order valence-electron chi connectivity index (χ0n) is 10.6. The molecule has 1 aromatic rings.